The summed E-state index contributed by atoms with van der Waals surface area (Å²) in [5.41, 5.74) is 2.28. The number of benzene rings is 1. The molecule has 1 saturated heterocycles. The standard InChI is InChI=1S/C18H24N4O/c1-22(2)18-20-10-8-16(21-18)13-19-12-15-9-11-23-17(15)14-6-4-3-5-7-14/h3-8,10,15,17,19H,9,11-13H2,1-2H3/t15-,17-/m1/s1. The Morgan fingerprint density at radius 3 is 2.83 bits per heavy atom. The molecule has 0 saturated carbocycles. The molecule has 23 heavy (non-hydrogen) atoms. The maximum absolute atomic E-state index is 5.93. The zero-order chi connectivity index (χ0) is 16.1. The van der Waals surface area contributed by atoms with Crippen LogP contribution in [0.3, 0.4) is 0 Å². The molecule has 122 valence electrons. The molecule has 1 aliphatic heterocycles. The first-order chi connectivity index (χ1) is 11.2. The second-order valence-electron chi connectivity index (χ2n) is 6.12. The second kappa shape index (κ2) is 7.53. The van der Waals surface area contributed by atoms with E-state index < -0.39 is 0 Å². The van der Waals surface area contributed by atoms with Gasteiger partial charge in [-0.1, -0.05) is 30.3 Å². The highest BCUT2D eigenvalue weighted by molar-refractivity contribution is 5.27. The van der Waals surface area contributed by atoms with Gasteiger partial charge in [0, 0.05) is 45.9 Å². The van der Waals surface area contributed by atoms with Crippen molar-refractivity contribution in [3.8, 4) is 0 Å². The molecule has 0 amide bonds. The van der Waals surface area contributed by atoms with E-state index in [9.17, 15) is 0 Å². The summed E-state index contributed by atoms with van der Waals surface area (Å²) in [7, 11) is 3.90. The van der Waals surface area contributed by atoms with E-state index in [1.54, 1.807) is 0 Å². The summed E-state index contributed by atoms with van der Waals surface area (Å²) in [5.74, 6) is 1.25. The van der Waals surface area contributed by atoms with Crippen molar-refractivity contribution in [3.05, 3.63) is 53.9 Å². The molecule has 1 fully saturated rings. The predicted molar refractivity (Wildman–Crippen MR) is 91.3 cm³/mol. The van der Waals surface area contributed by atoms with E-state index in [1.807, 2.05) is 37.3 Å². The number of aromatic nitrogens is 2. The summed E-state index contributed by atoms with van der Waals surface area (Å²) in [6.45, 7) is 2.52. The smallest absolute Gasteiger partial charge is 0.225 e. The minimum Gasteiger partial charge on any atom is -0.373 e. The van der Waals surface area contributed by atoms with Gasteiger partial charge in [0.25, 0.3) is 0 Å². The van der Waals surface area contributed by atoms with Gasteiger partial charge in [0.1, 0.15) is 0 Å². The van der Waals surface area contributed by atoms with Crippen LogP contribution in [0.25, 0.3) is 0 Å². The Labute approximate surface area is 137 Å². The van der Waals surface area contributed by atoms with Gasteiger partial charge in [-0.15, -0.1) is 0 Å². The van der Waals surface area contributed by atoms with Gasteiger partial charge in [0.05, 0.1) is 11.8 Å². The van der Waals surface area contributed by atoms with Gasteiger partial charge >= 0.3 is 0 Å². The second-order valence-corrected chi connectivity index (χ2v) is 6.12. The van der Waals surface area contributed by atoms with Crippen molar-refractivity contribution in [2.24, 2.45) is 5.92 Å². The first-order valence-corrected chi connectivity index (χ1v) is 8.10. The van der Waals surface area contributed by atoms with Crippen LogP contribution in [0.5, 0.6) is 0 Å². The van der Waals surface area contributed by atoms with Gasteiger partial charge in [0.2, 0.25) is 5.95 Å². The number of ether oxygens (including phenoxy) is 1. The van der Waals surface area contributed by atoms with E-state index in [4.69, 9.17) is 4.74 Å². The Morgan fingerprint density at radius 1 is 1.22 bits per heavy atom. The fourth-order valence-corrected chi connectivity index (χ4v) is 2.94. The van der Waals surface area contributed by atoms with Crippen molar-refractivity contribution in [2.75, 3.05) is 32.1 Å². The SMILES string of the molecule is CN(C)c1nccc(CNC[C@H]2CCO[C@@H]2c2ccccc2)n1. The summed E-state index contributed by atoms with van der Waals surface area (Å²) >= 11 is 0. The Hall–Kier alpha value is -1.98. The Bertz CT molecular complexity index is 617. The van der Waals surface area contributed by atoms with Gasteiger partial charge in [-0.2, -0.15) is 0 Å². The molecule has 1 aromatic carbocycles. The topological polar surface area (TPSA) is 50.3 Å². The first kappa shape index (κ1) is 15.9. The molecular weight excluding hydrogens is 288 g/mol. The molecule has 3 rings (SSSR count). The third-order valence-corrected chi connectivity index (χ3v) is 4.16. The normalized spacial score (nSPS) is 20.6. The molecule has 0 radical (unpaired) electrons. The molecule has 1 aliphatic rings. The number of rotatable bonds is 6. The largest absolute Gasteiger partial charge is 0.373 e. The van der Waals surface area contributed by atoms with Crippen molar-refractivity contribution in [3.63, 3.8) is 0 Å². The molecule has 2 aromatic rings. The number of hydrogen-bond donors (Lipinski definition) is 1. The number of hydrogen-bond acceptors (Lipinski definition) is 5. The van der Waals surface area contributed by atoms with Gasteiger partial charge in [0.15, 0.2) is 0 Å². The summed E-state index contributed by atoms with van der Waals surface area (Å²) in [6, 6.07) is 12.5. The van der Waals surface area contributed by atoms with Crippen LogP contribution in [0.2, 0.25) is 0 Å². The van der Waals surface area contributed by atoms with E-state index >= 15 is 0 Å². The Morgan fingerprint density at radius 2 is 2.04 bits per heavy atom. The van der Waals surface area contributed by atoms with Gasteiger partial charge in [-0.05, 0) is 18.1 Å². The maximum atomic E-state index is 5.93. The van der Waals surface area contributed by atoms with Crippen molar-refractivity contribution in [2.45, 2.75) is 19.1 Å². The molecule has 0 spiro atoms. The maximum Gasteiger partial charge on any atom is 0.225 e. The number of anilines is 1. The molecule has 1 N–H and O–H groups in total. The lowest BCUT2D eigenvalue weighted by atomic mass is 9.95. The van der Waals surface area contributed by atoms with Crippen LogP contribution < -0.4 is 10.2 Å². The zero-order valence-corrected chi connectivity index (χ0v) is 13.8. The van der Waals surface area contributed by atoms with E-state index in [0.717, 1.165) is 37.8 Å². The van der Waals surface area contributed by atoms with Crippen LogP contribution in [-0.4, -0.2) is 37.2 Å². The van der Waals surface area contributed by atoms with Crippen LogP contribution in [0.1, 0.15) is 23.8 Å². The fraction of sp³-hybridized carbons (Fsp3) is 0.444. The van der Waals surface area contributed by atoms with E-state index in [0.29, 0.717) is 5.92 Å². The van der Waals surface area contributed by atoms with Crippen LogP contribution >= 0.6 is 0 Å². The van der Waals surface area contributed by atoms with Crippen molar-refractivity contribution >= 4 is 5.95 Å². The molecule has 0 bridgehead atoms. The third kappa shape index (κ3) is 4.06. The zero-order valence-electron chi connectivity index (χ0n) is 13.8. The van der Waals surface area contributed by atoms with E-state index in [-0.39, 0.29) is 6.10 Å². The highest BCUT2D eigenvalue weighted by atomic mass is 16.5. The van der Waals surface area contributed by atoms with Crippen LogP contribution in [0.4, 0.5) is 5.95 Å². The summed E-state index contributed by atoms with van der Waals surface area (Å²) in [4.78, 5) is 10.7. The lowest BCUT2D eigenvalue weighted by molar-refractivity contribution is 0.0904. The molecule has 0 unspecified atom stereocenters. The third-order valence-electron chi connectivity index (χ3n) is 4.16. The summed E-state index contributed by atoms with van der Waals surface area (Å²) in [6.07, 6.45) is 3.11. The molecule has 5 nitrogen and oxygen atoms in total. The van der Waals surface area contributed by atoms with E-state index in [2.05, 4.69) is 39.6 Å². The monoisotopic (exact) mass is 312 g/mol. The van der Waals surface area contributed by atoms with Crippen molar-refractivity contribution in [1.29, 1.82) is 0 Å². The molecule has 2 atom stereocenters. The van der Waals surface area contributed by atoms with Gasteiger partial charge in [-0.3, -0.25) is 0 Å². The van der Waals surface area contributed by atoms with Crippen LogP contribution in [0.15, 0.2) is 42.6 Å². The summed E-state index contributed by atoms with van der Waals surface area (Å²) < 4.78 is 5.93. The number of nitrogens with one attached hydrogen (secondary N) is 1. The lowest BCUT2D eigenvalue weighted by Crippen LogP contribution is -2.25. The van der Waals surface area contributed by atoms with Crippen LogP contribution in [0, 0.1) is 5.92 Å². The van der Waals surface area contributed by atoms with Crippen LogP contribution in [-0.2, 0) is 11.3 Å². The predicted octanol–water partition coefficient (Wildman–Crippen LogP) is 2.41. The highest BCUT2D eigenvalue weighted by Crippen LogP contribution is 2.33. The minimum absolute atomic E-state index is 0.200. The Kier molecular flexibility index (Phi) is 5.20. The Balaban J connectivity index is 1.55. The fourth-order valence-electron chi connectivity index (χ4n) is 2.94. The van der Waals surface area contributed by atoms with E-state index in [1.165, 1.54) is 5.56 Å². The van der Waals surface area contributed by atoms with Gasteiger partial charge in [-0.25, -0.2) is 9.97 Å². The molecule has 5 heteroatoms. The average Bonchev–Trinajstić information content (AvgIpc) is 3.04. The number of nitrogens with zero attached hydrogens (tertiary/aromatic N) is 3. The molecule has 1 aromatic heterocycles. The van der Waals surface area contributed by atoms with Crippen molar-refractivity contribution in [1.82, 2.24) is 15.3 Å². The lowest BCUT2D eigenvalue weighted by Gasteiger charge is -2.19. The highest BCUT2D eigenvalue weighted by Gasteiger charge is 2.29. The van der Waals surface area contributed by atoms with Gasteiger partial charge < -0.3 is 15.0 Å². The van der Waals surface area contributed by atoms with Crippen molar-refractivity contribution < 1.29 is 4.74 Å². The minimum atomic E-state index is 0.200. The average molecular weight is 312 g/mol. The molecule has 0 aliphatic carbocycles. The molecular formula is C18H24N4O. The quantitative estimate of drug-likeness (QED) is 0.888. The molecule has 2 heterocycles. The first-order valence-electron chi connectivity index (χ1n) is 8.10. The summed E-state index contributed by atoms with van der Waals surface area (Å²) in [5, 5.41) is 3.52.